The van der Waals surface area contributed by atoms with Gasteiger partial charge in [0, 0.05) is 24.8 Å². The Morgan fingerprint density at radius 2 is 1.76 bits per heavy atom. The van der Waals surface area contributed by atoms with E-state index in [4.69, 9.17) is 5.73 Å². The van der Waals surface area contributed by atoms with E-state index >= 15 is 0 Å². The zero-order valence-electron chi connectivity index (χ0n) is 14.2. The molecule has 2 aromatic rings. The Hall–Kier alpha value is -2.38. The largest absolute Gasteiger partial charge is 0.353 e. The van der Waals surface area contributed by atoms with Crippen LogP contribution < -0.4 is 22.3 Å². The summed E-state index contributed by atoms with van der Waals surface area (Å²) in [5, 5.41) is 2.69. The fourth-order valence-corrected chi connectivity index (χ4v) is 2.25. The van der Waals surface area contributed by atoms with Crippen LogP contribution in [0.4, 0.5) is 0 Å². The summed E-state index contributed by atoms with van der Waals surface area (Å²) in [5.74, 6) is 0.101. The average Bonchev–Trinajstić information content (AvgIpc) is 2.55. The molecule has 7 nitrogen and oxygen atoms in total. The quantitative estimate of drug-likeness (QED) is 0.705. The number of carbonyl (C=O) groups excluding carboxylic acids is 1. The number of amides is 1. The highest BCUT2D eigenvalue weighted by atomic mass is 35.5. The molecule has 0 spiro atoms. The van der Waals surface area contributed by atoms with Crippen molar-refractivity contribution >= 4 is 18.3 Å². The molecule has 0 radical (unpaired) electrons. The number of hydrogen-bond donors (Lipinski definition) is 3. The van der Waals surface area contributed by atoms with Gasteiger partial charge < -0.3 is 11.1 Å². The average molecular weight is 367 g/mol. The molecule has 136 valence electrons. The molecule has 0 saturated heterocycles. The van der Waals surface area contributed by atoms with Gasteiger partial charge in [-0.15, -0.1) is 12.4 Å². The molecule has 0 aliphatic carbocycles. The number of benzene rings is 1. The van der Waals surface area contributed by atoms with Crippen molar-refractivity contribution in [2.75, 3.05) is 6.54 Å². The first kappa shape index (κ1) is 20.7. The number of H-pyrrole nitrogens is 1. The molecule has 1 aromatic heterocycles. The number of nitrogens with two attached hydrogens (primary N) is 1. The predicted octanol–water partition coefficient (Wildman–Crippen LogP) is 0.898. The molecule has 1 unspecified atom stereocenters. The van der Waals surface area contributed by atoms with Gasteiger partial charge in [0.2, 0.25) is 5.91 Å². The fourth-order valence-electron chi connectivity index (χ4n) is 2.25. The predicted molar refractivity (Wildman–Crippen MR) is 99.0 cm³/mol. The van der Waals surface area contributed by atoms with Crippen molar-refractivity contribution < 1.29 is 4.79 Å². The third-order valence-corrected chi connectivity index (χ3v) is 3.76. The van der Waals surface area contributed by atoms with Crippen molar-refractivity contribution in [3.8, 4) is 0 Å². The molecule has 1 atom stereocenters. The van der Waals surface area contributed by atoms with Crippen molar-refractivity contribution in [1.29, 1.82) is 0 Å². The maximum atomic E-state index is 11.9. The molecular weight excluding hydrogens is 344 g/mol. The summed E-state index contributed by atoms with van der Waals surface area (Å²) in [7, 11) is 0. The van der Waals surface area contributed by atoms with Crippen LogP contribution >= 0.6 is 12.4 Å². The number of rotatable bonds is 6. The fraction of sp³-hybridized carbons (Fsp3) is 0.353. The topological polar surface area (TPSA) is 110 Å². The van der Waals surface area contributed by atoms with Gasteiger partial charge in [0.15, 0.2) is 0 Å². The number of hydrogen-bond acceptors (Lipinski definition) is 4. The summed E-state index contributed by atoms with van der Waals surface area (Å²) in [6.45, 7) is 4.33. The molecule has 2 rings (SSSR count). The van der Waals surface area contributed by atoms with Crippen molar-refractivity contribution in [3.63, 3.8) is 0 Å². The number of aromatic amines is 1. The molecule has 1 amide bonds. The summed E-state index contributed by atoms with van der Waals surface area (Å²) in [5.41, 5.74) is 7.13. The van der Waals surface area contributed by atoms with E-state index in [-0.39, 0.29) is 37.4 Å². The number of nitrogens with zero attached hydrogens (tertiary/aromatic N) is 1. The molecular formula is C17H23ClN4O3. The molecule has 4 N–H and O–H groups in total. The van der Waals surface area contributed by atoms with Gasteiger partial charge in [-0.2, -0.15) is 0 Å². The Morgan fingerprint density at radius 3 is 2.32 bits per heavy atom. The van der Waals surface area contributed by atoms with E-state index in [2.05, 4.69) is 24.1 Å². The molecule has 25 heavy (non-hydrogen) atoms. The lowest BCUT2D eigenvalue weighted by atomic mass is 9.99. The normalized spacial score (nSPS) is 11.7. The van der Waals surface area contributed by atoms with Gasteiger partial charge in [-0.25, -0.2) is 4.79 Å². The number of nitrogens with one attached hydrogen (secondary N) is 2. The molecule has 0 fully saturated rings. The van der Waals surface area contributed by atoms with Gasteiger partial charge in [-0.3, -0.25) is 19.1 Å². The van der Waals surface area contributed by atoms with Crippen molar-refractivity contribution in [2.24, 2.45) is 5.73 Å². The monoisotopic (exact) mass is 366 g/mol. The minimum atomic E-state index is -0.619. The summed E-state index contributed by atoms with van der Waals surface area (Å²) in [6, 6.07) is 8.83. The minimum absolute atomic E-state index is 0. The highest BCUT2D eigenvalue weighted by Crippen LogP contribution is 2.17. The molecule has 8 heteroatoms. The van der Waals surface area contributed by atoms with Crippen LogP contribution in [0.1, 0.15) is 36.9 Å². The summed E-state index contributed by atoms with van der Waals surface area (Å²) < 4.78 is 1.12. The van der Waals surface area contributed by atoms with E-state index in [9.17, 15) is 14.4 Å². The van der Waals surface area contributed by atoms with Crippen LogP contribution in [-0.4, -0.2) is 22.0 Å². The highest BCUT2D eigenvalue weighted by Gasteiger charge is 2.10. The van der Waals surface area contributed by atoms with Crippen LogP contribution in [0.2, 0.25) is 0 Å². The Balaban J connectivity index is 0.00000312. The van der Waals surface area contributed by atoms with Gasteiger partial charge in [-0.05, 0) is 17.0 Å². The minimum Gasteiger partial charge on any atom is -0.353 e. The standard InChI is InChI=1S/C17H22N4O3.ClH/c1-11(2)12-3-5-13(6-4-12)14(18)9-19-16(23)10-21-8-7-15(22)20-17(21)24;/h3-8,11,14H,9-10,18H2,1-2H3,(H,19,23)(H,20,22,24);1H. The molecule has 0 bridgehead atoms. The van der Waals surface area contributed by atoms with Crippen LogP contribution in [0.5, 0.6) is 0 Å². The zero-order valence-corrected chi connectivity index (χ0v) is 15.0. The van der Waals surface area contributed by atoms with Crippen LogP contribution in [0, 0.1) is 0 Å². The Kier molecular flexibility index (Phi) is 7.60. The Bertz CT molecular complexity index is 812. The maximum absolute atomic E-state index is 11.9. The van der Waals surface area contributed by atoms with E-state index in [1.165, 1.54) is 17.8 Å². The van der Waals surface area contributed by atoms with Crippen LogP contribution in [-0.2, 0) is 11.3 Å². The van der Waals surface area contributed by atoms with Crippen molar-refractivity contribution in [3.05, 3.63) is 68.5 Å². The van der Waals surface area contributed by atoms with Crippen LogP contribution in [0.25, 0.3) is 0 Å². The van der Waals surface area contributed by atoms with E-state index < -0.39 is 11.2 Å². The van der Waals surface area contributed by atoms with Gasteiger partial charge in [0.25, 0.3) is 5.56 Å². The number of carbonyl (C=O) groups is 1. The SMILES string of the molecule is CC(C)c1ccc(C(N)CNC(=O)Cn2ccc(=O)[nH]c2=O)cc1.Cl. The van der Waals surface area contributed by atoms with Crippen molar-refractivity contribution in [1.82, 2.24) is 14.9 Å². The van der Waals surface area contributed by atoms with Gasteiger partial charge in [0.05, 0.1) is 0 Å². The first-order chi connectivity index (χ1) is 11.4. The maximum Gasteiger partial charge on any atom is 0.328 e. The molecule has 1 heterocycles. The van der Waals surface area contributed by atoms with Gasteiger partial charge >= 0.3 is 5.69 Å². The first-order valence-electron chi connectivity index (χ1n) is 7.78. The van der Waals surface area contributed by atoms with E-state index in [1.807, 2.05) is 24.3 Å². The number of halogens is 1. The number of aromatic nitrogens is 2. The third kappa shape index (κ3) is 5.88. The summed E-state index contributed by atoms with van der Waals surface area (Å²) in [6.07, 6.45) is 1.28. The smallest absolute Gasteiger partial charge is 0.328 e. The van der Waals surface area contributed by atoms with Gasteiger partial charge in [-0.1, -0.05) is 38.1 Å². The second-order valence-corrected chi connectivity index (χ2v) is 5.97. The zero-order chi connectivity index (χ0) is 17.7. The van der Waals surface area contributed by atoms with Gasteiger partial charge in [0.1, 0.15) is 6.54 Å². The lowest BCUT2D eigenvalue weighted by Crippen LogP contribution is -2.38. The molecule has 0 aliphatic heterocycles. The summed E-state index contributed by atoms with van der Waals surface area (Å²) in [4.78, 5) is 36.5. The first-order valence-corrected chi connectivity index (χ1v) is 7.78. The summed E-state index contributed by atoms with van der Waals surface area (Å²) >= 11 is 0. The highest BCUT2D eigenvalue weighted by molar-refractivity contribution is 5.85. The molecule has 0 aliphatic rings. The lowest BCUT2D eigenvalue weighted by Gasteiger charge is -2.15. The van der Waals surface area contributed by atoms with E-state index in [1.54, 1.807) is 0 Å². The third-order valence-electron chi connectivity index (χ3n) is 3.76. The molecule has 0 saturated carbocycles. The Labute approximate surface area is 151 Å². The Morgan fingerprint density at radius 1 is 1.16 bits per heavy atom. The van der Waals surface area contributed by atoms with E-state index in [0.29, 0.717) is 5.92 Å². The molecule has 1 aromatic carbocycles. The van der Waals surface area contributed by atoms with Crippen LogP contribution in [0.15, 0.2) is 46.1 Å². The lowest BCUT2D eigenvalue weighted by molar-refractivity contribution is -0.121. The second kappa shape index (κ2) is 9.19. The van der Waals surface area contributed by atoms with Crippen molar-refractivity contribution in [2.45, 2.75) is 32.4 Å². The van der Waals surface area contributed by atoms with Crippen LogP contribution in [0.3, 0.4) is 0 Å². The second-order valence-electron chi connectivity index (χ2n) is 5.97. The van der Waals surface area contributed by atoms with E-state index in [0.717, 1.165) is 10.1 Å².